The Balaban J connectivity index is -0.000000120. The van der Waals surface area contributed by atoms with Crippen molar-refractivity contribution < 1.29 is 15.0 Å². The monoisotopic (exact) mass is 192 g/mol. The molecule has 0 aliphatic rings. The third-order valence-electron chi connectivity index (χ3n) is 1.10. The molecule has 0 aliphatic carbocycles. The summed E-state index contributed by atoms with van der Waals surface area (Å²) < 4.78 is 0. The molecular weight excluding hydrogens is 168 g/mol. The van der Waals surface area contributed by atoms with Crippen molar-refractivity contribution >= 4 is 6.29 Å². The zero-order valence-electron chi connectivity index (χ0n) is 9.29. The van der Waals surface area contributed by atoms with E-state index in [2.05, 4.69) is 6.92 Å². The van der Waals surface area contributed by atoms with E-state index in [-0.39, 0.29) is 6.10 Å². The van der Waals surface area contributed by atoms with Gasteiger partial charge in [-0.1, -0.05) is 20.3 Å². The van der Waals surface area contributed by atoms with E-state index in [4.69, 9.17) is 15.0 Å². The summed E-state index contributed by atoms with van der Waals surface area (Å²) in [7, 11) is 0. The van der Waals surface area contributed by atoms with Gasteiger partial charge in [0, 0.05) is 6.61 Å². The van der Waals surface area contributed by atoms with Crippen molar-refractivity contribution in [1.29, 1.82) is 0 Å². The van der Waals surface area contributed by atoms with Crippen LogP contribution in [0.25, 0.3) is 0 Å². The lowest BCUT2D eigenvalue weighted by atomic mass is 10.3. The molecule has 0 aromatic heterocycles. The number of unbranched alkanes of at least 4 members (excludes halogenated alkanes) is 1. The van der Waals surface area contributed by atoms with E-state index in [1.165, 1.54) is 6.92 Å². The molecular formula is C10H24O3. The quantitative estimate of drug-likeness (QED) is 0.670. The smallest absolute Gasteiger partial charge is 0.116 e. The van der Waals surface area contributed by atoms with Crippen molar-refractivity contribution in [1.82, 2.24) is 0 Å². The number of rotatable bonds is 3. The third kappa shape index (κ3) is 82.7. The van der Waals surface area contributed by atoms with Crippen LogP contribution in [0, 0.1) is 0 Å². The molecule has 13 heavy (non-hydrogen) atoms. The van der Waals surface area contributed by atoms with Crippen LogP contribution in [0.4, 0.5) is 0 Å². The van der Waals surface area contributed by atoms with Crippen LogP contribution in [0.15, 0.2) is 0 Å². The first-order valence-corrected chi connectivity index (χ1v) is 4.79. The molecule has 0 aromatic carbocycles. The fourth-order valence-electron chi connectivity index (χ4n) is 0.158. The molecule has 0 spiro atoms. The van der Waals surface area contributed by atoms with Gasteiger partial charge in [0.2, 0.25) is 0 Å². The fourth-order valence-corrected chi connectivity index (χ4v) is 0.158. The fraction of sp³-hybridized carbons (Fsp3) is 0.900. The van der Waals surface area contributed by atoms with Crippen LogP contribution in [0.1, 0.15) is 47.0 Å². The van der Waals surface area contributed by atoms with E-state index in [1.807, 2.05) is 6.92 Å². The van der Waals surface area contributed by atoms with Gasteiger partial charge >= 0.3 is 0 Å². The van der Waals surface area contributed by atoms with E-state index in [0.29, 0.717) is 6.61 Å². The van der Waals surface area contributed by atoms with E-state index < -0.39 is 0 Å². The summed E-state index contributed by atoms with van der Waals surface area (Å²) in [5, 5.41) is 16.4. The Labute approximate surface area is 81.8 Å². The molecule has 0 aliphatic heterocycles. The third-order valence-corrected chi connectivity index (χ3v) is 1.10. The summed E-state index contributed by atoms with van der Waals surface area (Å²) in [5.41, 5.74) is 0. The first-order chi connectivity index (χ1) is 6.10. The Hall–Kier alpha value is -0.410. The highest BCUT2D eigenvalue weighted by atomic mass is 16.3. The van der Waals surface area contributed by atoms with Crippen LogP contribution >= 0.6 is 0 Å². The number of aliphatic hydroxyl groups is 2. The first kappa shape index (κ1) is 18.4. The highest BCUT2D eigenvalue weighted by Crippen LogP contribution is 1.81. The molecule has 82 valence electrons. The van der Waals surface area contributed by atoms with Crippen LogP contribution in [0.5, 0.6) is 0 Å². The predicted octanol–water partition coefficient (Wildman–Crippen LogP) is 1.76. The number of aliphatic hydroxyl groups excluding tert-OH is 2. The summed E-state index contributed by atoms with van der Waals surface area (Å²) in [4.78, 5) is 8.81. The zero-order valence-corrected chi connectivity index (χ0v) is 9.29. The lowest BCUT2D eigenvalue weighted by Gasteiger charge is -1.90. The number of aldehydes is 1. The van der Waals surface area contributed by atoms with Crippen LogP contribution in [-0.2, 0) is 4.79 Å². The molecule has 1 atom stereocenters. The lowest BCUT2D eigenvalue weighted by molar-refractivity contribution is -0.106. The summed E-state index contributed by atoms with van der Waals surface area (Å²) in [6.07, 6.45) is 3.53. The highest BCUT2D eigenvalue weighted by molar-refractivity contribution is 5.44. The average molecular weight is 192 g/mol. The maximum absolute atomic E-state index is 8.81. The average Bonchev–Trinajstić information content (AvgIpc) is 2.08. The molecule has 0 saturated heterocycles. The molecule has 0 rings (SSSR count). The van der Waals surface area contributed by atoms with Crippen molar-refractivity contribution in [3.63, 3.8) is 0 Å². The molecule has 0 fully saturated rings. The van der Waals surface area contributed by atoms with Crippen molar-refractivity contribution in [3.05, 3.63) is 0 Å². The minimum Gasteiger partial charge on any atom is -0.396 e. The maximum Gasteiger partial charge on any atom is 0.116 e. The molecule has 0 heterocycles. The van der Waals surface area contributed by atoms with Crippen molar-refractivity contribution in [2.75, 3.05) is 6.61 Å². The Morgan fingerprint density at radius 3 is 1.69 bits per heavy atom. The van der Waals surface area contributed by atoms with Gasteiger partial charge in [-0.2, -0.15) is 0 Å². The van der Waals surface area contributed by atoms with Gasteiger partial charge in [0.1, 0.15) is 6.29 Å². The van der Waals surface area contributed by atoms with Gasteiger partial charge in [0.25, 0.3) is 0 Å². The second-order valence-electron chi connectivity index (χ2n) is 2.57. The summed E-state index contributed by atoms with van der Waals surface area (Å²) in [6, 6.07) is 0. The van der Waals surface area contributed by atoms with Gasteiger partial charge in [-0.15, -0.1) is 0 Å². The number of hydrogen-bond donors (Lipinski definition) is 2. The minimum atomic E-state index is -0.116. The topological polar surface area (TPSA) is 57.5 Å². The molecule has 0 saturated carbocycles. The lowest BCUT2D eigenvalue weighted by Crippen LogP contribution is -1.93. The molecule has 3 nitrogen and oxygen atoms in total. The van der Waals surface area contributed by atoms with Gasteiger partial charge < -0.3 is 15.0 Å². The Kier molecular flexibility index (Phi) is 31.9. The zero-order chi connectivity index (χ0) is 11.1. The Morgan fingerprint density at radius 1 is 1.38 bits per heavy atom. The summed E-state index contributed by atoms with van der Waals surface area (Å²) >= 11 is 0. The maximum atomic E-state index is 8.81. The minimum absolute atomic E-state index is 0.116. The number of hydrogen-bond acceptors (Lipinski definition) is 3. The van der Waals surface area contributed by atoms with Crippen molar-refractivity contribution in [3.8, 4) is 0 Å². The van der Waals surface area contributed by atoms with Gasteiger partial charge in [0.15, 0.2) is 0 Å². The van der Waals surface area contributed by atoms with Gasteiger partial charge in [-0.25, -0.2) is 0 Å². The molecule has 0 bridgehead atoms. The van der Waals surface area contributed by atoms with Crippen molar-refractivity contribution in [2.45, 2.75) is 53.1 Å². The summed E-state index contributed by atoms with van der Waals surface area (Å²) in [5.74, 6) is 0. The molecule has 0 amide bonds. The van der Waals surface area contributed by atoms with Crippen LogP contribution in [-0.4, -0.2) is 29.2 Å². The second kappa shape index (κ2) is 22.6. The molecule has 3 heteroatoms. The van der Waals surface area contributed by atoms with Crippen LogP contribution in [0.3, 0.4) is 0 Å². The van der Waals surface area contributed by atoms with Gasteiger partial charge in [-0.05, 0) is 26.7 Å². The number of carbonyl (C=O) groups excluding carboxylic acids is 1. The largest absolute Gasteiger partial charge is 0.396 e. The molecule has 1 unspecified atom stereocenters. The second-order valence-corrected chi connectivity index (χ2v) is 2.57. The SMILES string of the molecule is CC=O.CCC(C)O.CCCCO. The van der Waals surface area contributed by atoms with E-state index in [0.717, 1.165) is 25.5 Å². The number of carbonyl (C=O) groups is 1. The van der Waals surface area contributed by atoms with Gasteiger partial charge in [0.05, 0.1) is 6.10 Å². The standard InChI is InChI=1S/2C4H10O.C2H4O/c1-3-4(2)5;1-2-3-4-5;1-2-3/h4-5H,3H2,1-2H3;5H,2-4H2,1H3;2H,1H3. The van der Waals surface area contributed by atoms with Gasteiger partial charge in [-0.3, -0.25) is 0 Å². The molecule has 0 aromatic rings. The Morgan fingerprint density at radius 2 is 1.69 bits per heavy atom. The van der Waals surface area contributed by atoms with E-state index in [9.17, 15) is 0 Å². The van der Waals surface area contributed by atoms with E-state index in [1.54, 1.807) is 6.92 Å². The predicted molar refractivity (Wildman–Crippen MR) is 55.7 cm³/mol. The normalized spacial score (nSPS) is 10.0. The Bertz CT molecular complexity index is 70.6. The van der Waals surface area contributed by atoms with Crippen LogP contribution < -0.4 is 0 Å². The van der Waals surface area contributed by atoms with Crippen LogP contribution in [0.2, 0.25) is 0 Å². The first-order valence-electron chi connectivity index (χ1n) is 4.79. The summed E-state index contributed by atoms with van der Waals surface area (Å²) in [6.45, 7) is 7.57. The van der Waals surface area contributed by atoms with Crippen molar-refractivity contribution in [2.24, 2.45) is 0 Å². The molecule has 0 radical (unpaired) electrons. The van der Waals surface area contributed by atoms with E-state index >= 15 is 0 Å². The highest BCUT2D eigenvalue weighted by Gasteiger charge is 1.81. The molecule has 2 N–H and O–H groups in total.